The van der Waals surface area contributed by atoms with Crippen LogP contribution in [0.25, 0.3) is 11.0 Å². The van der Waals surface area contributed by atoms with Crippen molar-refractivity contribution in [3.63, 3.8) is 0 Å². The highest BCUT2D eigenvalue weighted by atomic mass is 32.2. The van der Waals surface area contributed by atoms with Gasteiger partial charge in [0.25, 0.3) is 0 Å². The van der Waals surface area contributed by atoms with Crippen molar-refractivity contribution in [1.82, 2.24) is 14.3 Å². The molecule has 10 heteroatoms. The summed E-state index contributed by atoms with van der Waals surface area (Å²) >= 11 is 1.29. The lowest BCUT2D eigenvalue weighted by atomic mass is 10.2. The number of H-pyrrole nitrogens is 1. The molecule has 0 aliphatic carbocycles. The Balaban J connectivity index is 1.44. The van der Waals surface area contributed by atoms with E-state index in [1.165, 1.54) is 22.1 Å². The highest BCUT2D eigenvalue weighted by Crippen LogP contribution is 2.25. The van der Waals surface area contributed by atoms with Crippen molar-refractivity contribution in [3.8, 4) is 0 Å². The number of fused-ring (bicyclic) bond motifs is 1. The number of carbonyl (C=O) groups excluding carboxylic acids is 1. The zero-order chi connectivity index (χ0) is 21.1. The summed E-state index contributed by atoms with van der Waals surface area (Å²) in [7, 11) is -3.64. The number of sulfonamides is 1. The number of imidazole rings is 1. The molecule has 8 nitrogen and oxygen atoms in total. The maximum Gasteiger partial charge on any atom is 0.243 e. The highest BCUT2D eigenvalue weighted by Gasteiger charge is 2.28. The number of amides is 1. The average Bonchev–Trinajstić information content (AvgIpc) is 3.17. The first-order chi connectivity index (χ1) is 14.4. The fraction of sp³-hybridized carbons (Fsp3) is 0.300. The molecule has 2 N–H and O–H groups in total. The fourth-order valence-corrected chi connectivity index (χ4v) is 5.55. The molecule has 30 heavy (non-hydrogen) atoms. The van der Waals surface area contributed by atoms with E-state index in [9.17, 15) is 13.2 Å². The van der Waals surface area contributed by atoms with E-state index < -0.39 is 10.0 Å². The van der Waals surface area contributed by atoms with Crippen LogP contribution in [0.3, 0.4) is 0 Å². The third-order valence-electron chi connectivity index (χ3n) is 4.77. The molecule has 0 radical (unpaired) electrons. The van der Waals surface area contributed by atoms with Crippen molar-refractivity contribution >= 4 is 44.4 Å². The Morgan fingerprint density at radius 1 is 1.23 bits per heavy atom. The number of morpholine rings is 1. The summed E-state index contributed by atoms with van der Waals surface area (Å²) in [6.07, 6.45) is 0. The number of nitrogens with zero attached hydrogens (tertiary/aromatic N) is 2. The number of benzene rings is 2. The van der Waals surface area contributed by atoms with Crippen molar-refractivity contribution < 1.29 is 17.9 Å². The number of para-hydroxylation sites is 2. The molecule has 1 aliphatic heterocycles. The van der Waals surface area contributed by atoms with E-state index in [2.05, 4.69) is 15.3 Å². The second kappa shape index (κ2) is 8.76. The lowest BCUT2D eigenvalue weighted by Crippen LogP contribution is -2.40. The number of aryl methyl sites for hydroxylation is 1. The molecule has 158 valence electrons. The van der Waals surface area contributed by atoms with Crippen molar-refractivity contribution in [3.05, 3.63) is 48.0 Å². The minimum absolute atomic E-state index is 0.152. The van der Waals surface area contributed by atoms with Gasteiger partial charge in [0.05, 0.1) is 34.9 Å². The number of thioether (sulfide) groups is 1. The summed E-state index contributed by atoms with van der Waals surface area (Å²) < 4.78 is 32.6. The quantitative estimate of drug-likeness (QED) is 0.564. The molecule has 3 aromatic rings. The monoisotopic (exact) mass is 446 g/mol. The average molecular weight is 447 g/mol. The van der Waals surface area contributed by atoms with Gasteiger partial charge in [-0.1, -0.05) is 30.0 Å². The van der Waals surface area contributed by atoms with Gasteiger partial charge in [0, 0.05) is 18.8 Å². The maximum atomic E-state index is 13.0. The summed E-state index contributed by atoms with van der Waals surface area (Å²) in [5.74, 6) is -0.0850. The van der Waals surface area contributed by atoms with Crippen LogP contribution in [0.2, 0.25) is 0 Å². The van der Waals surface area contributed by atoms with Gasteiger partial charge in [0.1, 0.15) is 0 Å². The largest absolute Gasteiger partial charge is 0.379 e. The molecular weight excluding hydrogens is 424 g/mol. The Kier molecular flexibility index (Phi) is 6.09. The van der Waals surface area contributed by atoms with Crippen molar-refractivity contribution in [2.24, 2.45) is 0 Å². The zero-order valence-corrected chi connectivity index (χ0v) is 18.1. The van der Waals surface area contributed by atoms with E-state index in [0.717, 1.165) is 11.0 Å². The highest BCUT2D eigenvalue weighted by molar-refractivity contribution is 7.99. The lowest BCUT2D eigenvalue weighted by Gasteiger charge is -2.26. The molecule has 2 aromatic carbocycles. The van der Waals surface area contributed by atoms with Gasteiger partial charge < -0.3 is 15.0 Å². The summed E-state index contributed by atoms with van der Waals surface area (Å²) in [6, 6.07) is 12.6. The van der Waals surface area contributed by atoms with Crippen LogP contribution >= 0.6 is 11.8 Å². The number of hydrogen-bond acceptors (Lipinski definition) is 6. The number of hydrogen-bond donors (Lipinski definition) is 2. The Bertz CT molecular complexity index is 1140. The van der Waals surface area contributed by atoms with Gasteiger partial charge in [0.15, 0.2) is 5.16 Å². The number of anilines is 1. The van der Waals surface area contributed by atoms with Crippen molar-refractivity contribution in [1.29, 1.82) is 0 Å². The molecule has 1 saturated heterocycles. The van der Waals surface area contributed by atoms with E-state index in [4.69, 9.17) is 4.74 Å². The standard InChI is InChI=1S/C20H22N4O4S2/c1-14-6-7-15(12-18(14)30(26,27)24-8-10-28-11-9-24)21-19(25)13-29-20-22-16-4-2-3-5-17(16)23-20/h2-7,12H,8-11,13H2,1H3,(H,21,25)(H,22,23). The van der Waals surface area contributed by atoms with Crippen LogP contribution in [-0.4, -0.2) is 60.7 Å². The molecular formula is C20H22N4O4S2. The summed E-state index contributed by atoms with van der Waals surface area (Å²) in [5, 5.41) is 3.44. The molecule has 1 fully saturated rings. The number of carbonyl (C=O) groups is 1. The summed E-state index contributed by atoms with van der Waals surface area (Å²) in [6.45, 7) is 3.16. The van der Waals surface area contributed by atoms with Gasteiger partial charge in [-0.2, -0.15) is 4.31 Å². The van der Waals surface area contributed by atoms with E-state index in [1.54, 1.807) is 19.1 Å². The zero-order valence-electron chi connectivity index (χ0n) is 16.4. The number of aromatic nitrogens is 2. The second-order valence-electron chi connectivity index (χ2n) is 6.89. The topological polar surface area (TPSA) is 104 Å². The molecule has 1 aromatic heterocycles. The van der Waals surface area contributed by atoms with Crippen LogP contribution in [0.5, 0.6) is 0 Å². The number of ether oxygens (including phenoxy) is 1. The number of rotatable bonds is 6. The molecule has 1 aliphatic rings. The minimum atomic E-state index is -3.64. The molecule has 1 amide bonds. The third kappa shape index (κ3) is 4.51. The van der Waals surface area contributed by atoms with E-state index in [1.807, 2.05) is 24.3 Å². The van der Waals surface area contributed by atoms with E-state index >= 15 is 0 Å². The number of aromatic amines is 1. The molecule has 0 bridgehead atoms. The molecule has 0 atom stereocenters. The molecule has 0 spiro atoms. The van der Waals surface area contributed by atoms with Gasteiger partial charge >= 0.3 is 0 Å². The van der Waals surface area contributed by atoms with Gasteiger partial charge in [-0.3, -0.25) is 4.79 Å². The molecule has 2 heterocycles. The Morgan fingerprint density at radius 2 is 2.00 bits per heavy atom. The van der Waals surface area contributed by atoms with Crippen molar-refractivity contribution in [2.75, 3.05) is 37.4 Å². The Morgan fingerprint density at radius 3 is 2.77 bits per heavy atom. The lowest BCUT2D eigenvalue weighted by molar-refractivity contribution is -0.113. The fourth-order valence-electron chi connectivity index (χ4n) is 3.21. The first kappa shape index (κ1) is 20.9. The smallest absolute Gasteiger partial charge is 0.243 e. The third-order valence-corrected chi connectivity index (χ3v) is 7.68. The second-order valence-corrected chi connectivity index (χ2v) is 9.76. The molecule has 4 rings (SSSR count). The van der Waals surface area contributed by atoms with Crippen LogP contribution in [0.1, 0.15) is 5.56 Å². The normalized spacial score (nSPS) is 15.4. The Hall–Kier alpha value is -2.40. The van der Waals surface area contributed by atoms with E-state index in [-0.39, 0.29) is 16.6 Å². The van der Waals surface area contributed by atoms with Crippen LogP contribution in [0, 0.1) is 6.92 Å². The van der Waals surface area contributed by atoms with Gasteiger partial charge in [-0.25, -0.2) is 13.4 Å². The molecule has 0 saturated carbocycles. The minimum Gasteiger partial charge on any atom is -0.379 e. The number of nitrogens with one attached hydrogen (secondary N) is 2. The van der Waals surface area contributed by atoms with Gasteiger partial charge in [0.2, 0.25) is 15.9 Å². The van der Waals surface area contributed by atoms with Crippen LogP contribution in [0.15, 0.2) is 52.5 Å². The maximum absolute atomic E-state index is 13.0. The van der Waals surface area contributed by atoms with Crippen molar-refractivity contribution in [2.45, 2.75) is 17.0 Å². The van der Waals surface area contributed by atoms with Crippen LogP contribution in [-0.2, 0) is 19.6 Å². The van der Waals surface area contributed by atoms with Gasteiger partial charge in [-0.15, -0.1) is 0 Å². The van der Waals surface area contributed by atoms with Crippen LogP contribution < -0.4 is 5.32 Å². The predicted molar refractivity (Wildman–Crippen MR) is 116 cm³/mol. The predicted octanol–water partition coefficient (Wildman–Crippen LogP) is 2.62. The first-order valence-electron chi connectivity index (χ1n) is 9.49. The summed E-state index contributed by atoms with van der Waals surface area (Å²) in [5.41, 5.74) is 2.84. The molecule has 0 unspecified atom stereocenters. The SMILES string of the molecule is Cc1ccc(NC(=O)CSc2nc3ccccc3[nH]2)cc1S(=O)(=O)N1CCOCC1. The van der Waals surface area contributed by atoms with Crippen LogP contribution in [0.4, 0.5) is 5.69 Å². The van der Waals surface area contributed by atoms with E-state index in [0.29, 0.717) is 42.7 Å². The van der Waals surface area contributed by atoms with Gasteiger partial charge in [-0.05, 0) is 36.8 Å². The Labute approximate surface area is 179 Å². The first-order valence-corrected chi connectivity index (χ1v) is 11.9. The summed E-state index contributed by atoms with van der Waals surface area (Å²) in [4.78, 5) is 20.2.